The Balaban J connectivity index is 0.00000280. The van der Waals surface area contributed by atoms with Gasteiger partial charge in [-0.15, -0.1) is 24.0 Å². The maximum Gasteiger partial charge on any atom is 0.193 e. The van der Waals surface area contributed by atoms with Crippen LogP contribution in [0.15, 0.2) is 41.7 Å². The highest BCUT2D eigenvalue weighted by Crippen LogP contribution is 2.21. The molecule has 7 nitrogen and oxygen atoms in total. The summed E-state index contributed by atoms with van der Waals surface area (Å²) in [4.78, 5) is 6.66. The van der Waals surface area contributed by atoms with Gasteiger partial charge >= 0.3 is 0 Å². The Bertz CT molecular complexity index is 762. The van der Waals surface area contributed by atoms with Crippen molar-refractivity contribution in [1.29, 1.82) is 0 Å². The average Bonchev–Trinajstić information content (AvgIpc) is 3.11. The lowest BCUT2D eigenvalue weighted by atomic mass is 10.1. The zero-order valence-corrected chi connectivity index (χ0v) is 19.3. The first-order valence-electron chi connectivity index (χ1n) is 9.34. The van der Waals surface area contributed by atoms with Crippen LogP contribution in [-0.4, -0.2) is 60.0 Å². The van der Waals surface area contributed by atoms with Crippen LogP contribution in [-0.2, 0) is 11.8 Å². The Morgan fingerprint density at radius 2 is 2.14 bits per heavy atom. The van der Waals surface area contributed by atoms with Crippen molar-refractivity contribution in [3.8, 4) is 5.75 Å². The van der Waals surface area contributed by atoms with E-state index in [-0.39, 0.29) is 36.2 Å². The summed E-state index contributed by atoms with van der Waals surface area (Å²) in [6.45, 7) is 7.02. The second-order valence-corrected chi connectivity index (χ2v) is 6.92. The topological polar surface area (TPSA) is 63.9 Å². The number of nitrogens with one attached hydrogen (secondary N) is 1. The van der Waals surface area contributed by atoms with Crippen LogP contribution < -0.4 is 10.1 Å². The Kier molecular flexibility index (Phi) is 8.56. The fourth-order valence-corrected chi connectivity index (χ4v) is 3.11. The van der Waals surface area contributed by atoms with E-state index >= 15 is 0 Å². The summed E-state index contributed by atoms with van der Waals surface area (Å²) in [5.41, 5.74) is 2.32. The number of benzene rings is 1. The van der Waals surface area contributed by atoms with Gasteiger partial charge in [0.05, 0.1) is 25.9 Å². The summed E-state index contributed by atoms with van der Waals surface area (Å²) in [6, 6.07) is 8.11. The monoisotopic (exact) mass is 499 g/mol. The van der Waals surface area contributed by atoms with Crippen molar-refractivity contribution in [1.82, 2.24) is 20.0 Å². The van der Waals surface area contributed by atoms with E-state index in [9.17, 15) is 0 Å². The van der Waals surface area contributed by atoms with E-state index in [4.69, 9.17) is 9.47 Å². The molecule has 2 heterocycles. The Morgan fingerprint density at radius 3 is 2.79 bits per heavy atom. The van der Waals surface area contributed by atoms with Gasteiger partial charge in [-0.2, -0.15) is 5.10 Å². The molecule has 1 aliphatic rings. The first kappa shape index (κ1) is 22.5. The summed E-state index contributed by atoms with van der Waals surface area (Å²) in [6.07, 6.45) is 3.90. The van der Waals surface area contributed by atoms with Gasteiger partial charge < -0.3 is 19.7 Å². The fraction of sp³-hybridized carbons (Fsp3) is 0.500. The zero-order chi connectivity index (χ0) is 19.2. The number of guanidine groups is 1. The van der Waals surface area contributed by atoms with E-state index < -0.39 is 0 Å². The van der Waals surface area contributed by atoms with E-state index in [1.54, 1.807) is 4.68 Å². The van der Waals surface area contributed by atoms with Gasteiger partial charge in [0, 0.05) is 32.4 Å². The molecular weight excluding hydrogens is 469 g/mol. The molecule has 8 heteroatoms. The van der Waals surface area contributed by atoms with Gasteiger partial charge in [0.25, 0.3) is 0 Å². The lowest BCUT2D eigenvalue weighted by Gasteiger charge is -2.35. The maximum absolute atomic E-state index is 5.97. The molecule has 0 radical (unpaired) electrons. The molecular formula is C20H30IN5O2. The van der Waals surface area contributed by atoms with Gasteiger partial charge in [0.1, 0.15) is 18.0 Å². The molecule has 2 atom stereocenters. The van der Waals surface area contributed by atoms with Crippen molar-refractivity contribution in [3.63, 3.8) is 0 Å². The third-order valence-corrected chi connectivity index (χ3v) is 4.58. The van der Waals surface area contributed by atoms with Crippen molar-refractivity contribution < 1.29 is 9.47 Å². The van der Waals surface area contributed by atoms with Crippen molar-refractivity contribution in [2.24, 2.45) is 12.0 Å². The number of hydrogen-bond donors (Lipinski definition) is 1. The van der Waals surface area contributed by atoms with Crippen molar-refractivity contribution in [2.45, 2.75) is 26.1 Å². The normalized spacial score (nSPS) is 18.4. The number of halogens is 1. The van der Waals surface area contributed by atoms with Gasteiger partial charge in [-0.25, -0.2) is 0 Å². The minimum Gasteiger partial charge on any atom is -0.489 e. The summed E-state index contributed by atoms with van der Waals surface area (Å²) >= 11 is 0. The predicted molar refractivity (Wildman–Crippen MR) is 122 cm³/mol. The van der Waals surface area contributed by atoms with Crippen LogP contribution in [0.4, 0.5) is 0 Å². The molecule has 0 aliphatic carbocycles. The third-order valence-electron chi connectivity index (χ3n) is 4.58. The minimum absolute atomic E-state index is 0. The molecule has 2 aromatic rings. The number of aliphatic imine (C=N–C) groups is 1. The van der Waals surface area contributed by atoms with Crippen LogP contribution in [0.25, 0.3) is 0 Å². The maximum atomic E-state index is 5.97. The predicted octanol–water partition coefficient (Wildman–Crippen LogP) is 2.76. The highest BCUT2D eigenvalue weighted by molar-refractivity contribution is 14.0. The van der Waals surface area contributed by atoms with Crippen molar-refractivity contribution in [3.05, 3.63) is 47.8 Å². The SMILES string of the molecule is CN=C(NCC(C)Oc1ccc(C)cc1)N1CCOC(c2cnn(C)c2)C1.I. The molecule has 28 heavy (non-hydrogen) atoms. The molecule has 1 aliphatic heterocycles. The minimum atomic E-state index is 0. The Labute approximate surface area is 184 Å². The van der Waals surface area contributed by atoms with Crippen LogP contribution in [0.1, 0.15) is 24.2 Å². The zero-order valence-electron chi connectivity index (χ0n) is 17.0. The number of morpholine rings is 1. The number of ether oxygens (including phenoxy) is 2. The molecule has 0 spiro atoms. The van der Waals surface area contributed by atoms with Crippen LogP contribution in [0.2, 0.25) is 0 Å². The summed E-state index contributed by atoms with van der Waals surface area (Å²) in [7, 11) is 3.72. The van der Waals surface area contributed by atoms with Crippen molar-refractivity contribution >= 4 is 29.9 Å². The average molecular weight is 499 g/mol. The van der Waals surface area contributed by atoms with Gasteiger partial charge in [0.15, 0.2) is 5.96 Å². The highest BCUT2D eigenvalue weighted by Gasteiger charge is 2.25. The number of hydrogen-bond acceptors (Lipinski definition) is 4. The van der Waals surface area contributed by atoms with E-state index in [0.29, 0.717) is 13.2 Å². The van der Waals surface area contributed by atoms with Crippen LogP contribution >= 0.6 is 24.0 Å². The van der Waals surface area contributed by atoms with E-state index in [1.807, 2.05) is 38.6 Å². The van der Waals surface area contributed by atoms with E-state index in [1.165, 1.54) is 5.56 Å². The third kappa shape index (κ3) is 6.10. The molecule has 0 saturated carbocycles. The molecule has 154 valence electrons. The van der Waals surface area contributed by atoms with Gasteiger partial charge in [-0.3, -0.25) is 9.67 Å². The highest BCUT2D eigenvalue weighted by atomic mass is 127. The Hall–Kier alpha value is -1.81. The standard InChI is InChI=1S/C20H29N5O2.HI/c1-15-5-7-18(8-6-15)27-16(2)11-22-20(21-3)25-9-10-26-19(14-25)17-12-23-24(4)13-17;/h5-8,12-13,16,19H,9-11,14H2,1-4H3,(H,21,22);1H. The fourth-order valence-electron chi connectivity index (χ4n) is 3.11. The molecule has 2 unspecified atom stereocenters. The summed E-state index contributed by atoms with van der Waals surface area (Å²) < 4.78 is 13.7. The summed E-state index contributed by atoms with van der Waals surface area (Å²) in [5.74, 6) is 1.75. The molecule has 1 saturated heterocycles. The molecule has 1 fully saturated rings. The van der Waals surface area contributed by atoms with Crippen molar-refractivity contribution in [2.75, 3.05) is 33.3 Å². The number of aromatic nitrogens is 2. The lowest BCUT2D eigenvalue weighted by molar-refractivity contribution is -0.00814. The molecule has 3 rings (SSSR count). The largest absolute Gasteiger partial charge is 0.489 e. The quantitative estimate of drug-likeness (QED) is 0.390. The molecule has 1 aromatic carbocycles. The van der Waals surface area contributed by atoms with E-state index in [2.05, 4.69) is 46.3 Å². The van der Waals surface area contributed by atoms with Crippen LogP contribution in [0.5, 0.6) is 5.75 Å². The van der Waals surface area contributed by atoms with Gasteiger partial charge in [0.2, 0.25) is 0 Å². The molecule has 0 bridgehead atoms. The lowest BCUT2D eigenvalue weighted by Crippen LogP contribution is -2.49. The first-order chi connectivity index (χ1) is 13.0. The van der Waals surface area contributed by atoms with E-state index in [0.717, 1.165) is 30.4 Å². The van der Waals surface area contributed by atoms with Gasteiger partial charge in [-0.1, -0.05) is 17.7 Å². The smallest absolute Gasteiger partial charge is 0.193 e. The van der Waals surface area contributed by atoms with Crippen LogP contribution in [0, 0.1) is 6.92 Å². The Morgan fingerprint density at radius 1 is 1.39 bits per heavy atom. The first-order valence-corrected chi connectivity index (χ1v) is 9.34. The number of aryl methyl sites for hydroxylation is 2. The van der Waals surface area contributed by atoms with Gasteiger partial charge in [-0.05, 0) is 26.0 Å². The number of nitrogens with zero attached hydrogens (tertiary/aromatic N) is 4. The number of rotatable bonds is 5. The summed E-state index contributed by atoms with van der Waals surface area (Å²) in [5, 5.41) is 7.66. The second kappa shape index (κ2) is 10.7. The molecule has 1 N–H and O–H groups in total. The molecule has 0 amide bonds. The molecule has 1 aromatic heterocycles. The second-order valence-electron chi connectivity index (χ2n) is 6.92. The van der Waals surface area contributed by atoms with Crippen LogP contribution in [0.3, 0.4) is 0 Å².